The molecule has 0 aromatic heterocycles. The second-order valence-corrected chi connectivity index (χ2v) is 8.06. The largest absolute Gasteiger partial charge is 0.385 e. The highest BCUT2D eigenvalue weighted by Crippen LogP contribution is 2.25. The van der Waals surface area contributed by atoms with Crippen molar-refractivity contribution in [3.05, 3.63) is 23.8 Å². The van der Waals surface area contributed by atoms with E-state index in [-0.39, 0.29) is 6.04 Å². The van der Waals surface area contributed by atoms with Gasteiger partial charge in [-0.3, -0.25) is 0 Å². The number of nitrogens with one attached hydrogen (secondary N) is 2. The van der Waals surface area contributed by atoms with Crippen molar-refractivity contribution < 1.29 is 8.42 Å². The van der Waals surface area contributed by atoms with Gasteiger partial charge in [0.1, 0.15) is 0 Å². The van der Waals surface area contributed by atoms with Crippen LogP contribution in [0.1, 0.15) is 25.8 Å². The summed E-state index contributed by atoms with van der Waals surface area (Å²) in [6.45, 7) is 4.94. The number of benzene rings is 1. The van der Waals surface area contributed by atoms with Gasteiger partial charge in [0.05, 0.1) is 4.90 Å². The minimum atomic E-state index is -3.41. The van der Waals surface area contributed by atoms with Gasteiger partial charge in [-0.15, -0.1) is 0 Å². The number of hydrogen-bond donors (Lipinski definition) is 2. The highest BCUT2D eigenvalue weighted by molar-refractivity contribution is 7.99. The molecule has 0 amide bonds. The lowest BCUT2D eigenvalue weighted by Gasteiger charge is -2.19. The summed E-state index contributed by atoms with van der Waals surface area (Å²) in [5.41, 5.74) is 2.15. The minimum Gasteiger partial charge on any atom is -0.385 e. The third kappa shape index (κ3) is 3.90. The molecule has 0 aliphatic carbocycles. The molecule has 1 unspecified atom stereocenters. The van der Waals surface area contributed by atoms with Crippen LogP contribution in [-0.2, 0) is 16.4 Å². The molecule has 1 aliphatic rings. The summed E-state index contributed by atoms with van der Waals surface area (Å²) in [4.78, 5) is 0.369. The van der Waals surface area contributed by atoms with Crippen molar-refractivity contribution in [3.8, 4) is 0 Å². The number of sulfonamides is 1. The Morgan fingerprint density at radius 3 is 3.00 bits per heavy atom. The van der Waals surface area contributed by atoms with Crippen LogP contribution in [-0.4, -0.2) is 32.5 Å². The molecule has 4 nitrogen and oxygen atoms in total. The van der Waals surface area contributed by atoms with Crippen molar-refractivity contribution in [3.63, 3.8) is 0 Å². The molecule has 2 rings (SSSR count). The number of aryl methyl sites for hydroxylation is 1. The number of rotatable bonds is 6. The topological polar surface area (TPSA) is 58.2 Å². The lowest BCUT2D eigenvalue weighted by molar-refractivity contribution is 0.571. The van der Waals surface area contributed by atoms with Crippen molar-refractivity contribution in [2.75, 3.05) is 23.4 Å². The molecule has 1 aromatic rings. The highest BCUT2D eigenvalue weighted by Gasteiger charge is 2.19. The van der Waals surface area contributed by atoms with Gasteiger partial charge < -0.3 is 5.32 Å². The fourth-order valence-electron chi connectivity index (χ4n) is 2.28. The Hall–Kier alpha value is -0.720. The van der Waals surface area contributed by atoms with Crippen molar-refractivity contribution in [1.29, 1.82) is 0 Å². The Morgan fingerprint density at radius 2 is 2.25 bits per heavy atom. The standard InChI is InChI=1S/C14H22N2O2S2/c1-3-19-10-11(2)16-20(17,18)13-6-7-14-12(9-13)5-4-8-15-14/h6-7,9,11,15-16H,3-5,8,10H2,1-2H3. The fourth-order valence-corrected chi connectivity index (χ4v) is 4.35. The molecule has 0 saturated carbocycles. The van der Waals surface area contributed by atoms with E-state index in [2.05, 4.69) is 17.0 Å². The molecular weight excluding hydrogens is 292 g/mol. The summed E-state index contributed by atoms with van der Waals surface area (Å²) >= 11 is 1.74. The Kier molecular flexibility index (Phi) is 5.35. The number of thioether (sulfide) groups is 1. The lowest BCUT2D eigenvalue weighted by Crippen LogP contribution is -2.34. The summed E-state index contributed by atoms with van der Waals surface area (Å²) in [5, 5.41) is 3.29. The van der Waals surface area contributed by atoms with E-state index < -0.39 is 10.0 Å². The molecule has 1 aromatic carbocycles. The fraction of sp³-hybridized carbons (Fsp3) is 0.571. The summed E-state index contributed by atoms with van der Waals surface area (Å²) in [7, 11) is -3.41. The molecule has 6 heteroatoms. The first kappa shape index (κ1) is 15.7. The van der Waals surface area contributed by atoms with Crippen LogP contribution in [0.4, 0.5) is 5.69 Å². The normalized spacial score (nSPS) is 16.3. The van der Waals surface area contributed by atoms with Gasteiger partial charge in [-0.2, -0.15) is 11.8 Å². The zero-order valence-electron chi connectivity index (χ0n) is 12.0. The molecule has 0 fully saturated rings. The van der Waals surface area contributed by atoms with E-state index in [4.69, 9.17) is 0 Å². The monoisotopic (exact) mass is 314 g/mol. The van der Waals surface area contributed by atoms with Crippen LogP contribution in [0.3, 0.4) is 0 Å². The maximum atomic E-state index is 12.4. The van der Waals surface area contributed by atoms with E-state index in [1.54, 1.807) is 23.9 Å². The molecule has 1 aliphatic heterocycles. The average Bonchev–Trinajstić information content (AvgIpc) is 2.44. The van der Waals surface area contributed by atoms with Crippen LogP contribution in [0.5, 0.6) is 0 Å². The van der Waals surface area contributed by atoms with Crippen molar-refractivity contribution in [2.24, 2.45) is 0 Å². The van der Waals surface area contributed by atoms with Crippen LogP contribution < -0.4 is 10.0 Å². The number of fused-ring (bicyclic) bond motifs is 1. The van der Waals surface area contributed by atoms with Gasteiger partial charge in [-0.25, -0.2) is 13.1 Å². The van der Waals surface area contributed by atoms with Crippen molar-refractivity contribution in [2.45, 2.75) is 37.6 Å². The van der Waals surface area contributed by atoms with Crippen LogP contribution in [0, 0.1) is 0 Å². The Morgan fingerprint density at radius 1 is 1.45 bits per heavy atom. The highest BCUT2D eigenvalue weighted by atomic mass is 32.2. The van der Waals surface area contributed by atoms with E-state index in [1.165, 1.54) is 0 Å². The third-order valence-corrected chi connectivity index (χ3v) is 5.98. The molecule has 20 heavy (non-hydrogen) atoms. The van der Waals surface area contributed by atoms with Crippen LogP contribution >= 0.6 is 11.8 Å². The van der Waals surface area contributed by atoms with E-state index in [0.29, 0.717) is 4.90 Å². The first-order valence-electron chi connectivity index (χ1n) is 7.00. The van der Waals surface area contributed by atoms with E-state index in [9.17, 15) is 8.42 Å². The van der Waals surface area contributed by atoms with Crippen molar-refractivity contribution >= 4 is 27.5 Å². The third-order valence-electron chi connectivity index (χ3n) is 3.25. The Labute approximate surface area is 125 Å². The van der Waals surface area contributed by atoms with E-state index in [1.807, 2.05) is 13.0 Å². The molecule has 0 radical (unpaired) electrons. The summed E-state index contributed by atoms with van der Waals surface area (Å²) in [5.74, 6) is 1.79. The summed E-state index contributed by atoms with van der Waals surface area (Å²) in [6, 6.07) is 5.29. The number of hydrogen-bond acceptors (Lipinski definition) is 4. The van der Waals surface area contributed by atoms with Gasteiger partial charge in [0.25, 0.3) is 0 Å². The Bertz CT molecular complexity index is 558. The van der Waals surface area contributed by atoms with Crippen molar-refractivity contribution in [1.82, 2.24) is 4.72 Å². The maximum Gasteiger partial charge on any atom is 0.240 e. The van der Waals surface area contributed by atoms with Gasteiger partial charge >= 0.3 is 0 Å². The molecule has 2 N–H and O–H groups in total. The second-order valence-electron chi connectivity index (χ2n) is 5.03. The first-order valence-corrected chi connectivity index (χ1v) is 9.63. The lowest BCUT2D eigenvalue weighted by atomic mass is 10.0. The van der Waals surface area contributed by atoms with Crippen LogP contribution in [0.25, 0.3) is 0 Å². The van der Waals surface area contributed by atoms with E-state index in [0.717, 1.165) is 42.1 Å². The summed E-state index contributed by atoms with van der Waals surface area (Å²) < 4.78 is 27.4. The zero-order chi connectivity index (χ0) is 14.6. The molecule has 0 bridgehead atoms. The molecule has 1 atom stereocenters. The number of anilines is 1. The van der Waals surface area contributed by atoms with Gasteiger partial charge in [-0.1, -0.05) is 6.92 Å². The van der Waals surface area contributed by atoms with Gasteiger partial charge in [0, 0.05) is 24.0 Å². The maximum absolute atomic E-state index is 12.4. The molecule has 1 heterocycles. The van der Waals surface area contributed by atoms with Gasteiger partial charge in [0.2, 0.25) is 10.0 Å². The van der Waals surface area contributed by atoms with Crippen LogP contribution in [0.15, 0.2) is 23.1 Å². The quantitative estimate of drug-likeness (QED) is 0.847. The van der Waals surface area contributed by atoms with Crippen LogP contribution in [0.2, 0.25) is 0 Å². The Balaban J connectivity index is 2.13. The predicted molar refractivity (Wildman–Crippen MR) is 86.0 cm³/mol. The molecule has 0 saturated heterocycles. The van der Waals surface area contributed by atoms with Gasteiger partial charge in [-0.05, 0) is 49.3 Å². The van der Waals surface area contributed by atoms with Gasteiger partial charge in [0.15, 0.2) is 0 Å². The SMILES string of the molecule is CCSCC(C)NS(=O)(=O)c1ccc2c(c1)CCCN2. The molecular formula is C14H22N2O2S2. The van der Waals surface area contributed by atoms with E-state index >= 15 is 0 Å². The summed E-state index contributed by atoms with van der Waals surface area (Å²) in [6.07, 6.45) is 1.99. The molecule has 112 valence electrons. The minimum absolute atomic E-state index is 0.0564. The zero-order valence-corrected chi connectivity index (χ0v) is 13.6. The predicted octanol–water partition coefficient (Wildman–Crippen LogP) is 2.46. The second kappa shape index (κ2) is 6.83. The molecule has 0 spiro atoms. The smallest absolute Gasteiger partial charge is 0.240 e. The first-order chi connectivity index (χ1) is 9.53. The average molecular weight is 314 g/mol.